The Bertz CT molecular complexity index is 728. The molecule has 0 aliphatic heterocycles. The maximum atomic E-state index is 12.7. The molecule has 5 nitrogen and oxygen atoms in total. The van der Waals surface area contributed by atoms with Gasteiger partial charge in [-0.2, -0.15) is 13.2 Å². The number of anilines is 1. The normalized spacial score (nSPS) is 14.7. The number of thiazole rings is 1. The Morgan fingerprint density at radius 2 is 2.13 bits per heavy atom. The summed E-state index contributed by atoms with van der Waals surface area (Å²) in [5, 5.41) is 12.1. The van der Waals surface area contributed by atoms with Gasteiger partial charge in [-0.05, 0) is 18.4 Å². The van der Waals surface area contributed by atoms with Crippen LogP contribution in [0.25, 0.3) is 0 Å². The average molecular weight is 343 g/mol. The lowest BCUT2D eigenvalue weighted by Crippen LogP contribution is -2.25. The lowest BCUT2D eigenvalue weighted by atomic mass is 10.2. The third-order valence-electron chi connectivity index (χ3n) is 3.49. The van der Waals surface area contributed by atoms with E-state index >= 15 is 0 Å². The number of halogens is 3. The first-order valence-corrected chi connectivity index (χ1v) is 7.75. The van der Waals surface area contributed by atoms with E-state index in [0.717, 1.165) is 29.6 Å². The van der Waals surface area contributed by atoms with Gasteiger partial charge in [-0.15, -0.1) is 11.3 Å². The van der Waals surface area contributed by atoms with Crippen molar-refractivity contribution in [2.45, 2.75) is 31.6 Å². The number of benzene rings is 1. The molecule has 1 aliphatic rings. The van der Waals surface area contributed by atoms with Gasteiger partial charge < -0.3 is 4.90 Å². The van der Waals surface area contributed by atoms with Gasteiger partial charge in [0.15, 0.2) is 10.8 Å². The lowest BCUT2D eigenvalue weighted by molar-refractivity contribution is -0.384. The average Bonchev–Trinajstić information content (AvgIpc) is 3.19. The van der Waals surface area contributed by atoms with Gasteiger partial charge in [0.05, 0.1) is 4.92 Å². The highest BCUT2D eigenvalue weighted by Gasteiger charge is 2.36. The number of hydrogen-bond acceptors (Lipinski definition) is 5. The summed E-state index contributed by atoms with van der Waals surface area (Å²) in [6, 6.07) is 6.26. The number of nitro groups is 1. The predicted molar refractivity (Wildman–Crippen MR) is 79.4 cm³/mol. The van der Waals surface area contributed by atoms with E-state index in [1.807, 2.05) is 0 Å². The minimum atomic E-state index is -4.46. The molecule has 0 N–H and O–H groups in total. The summed E-state index contributed by atoms with van der Waals surface area (Å²) >= 11 is 0.944. The van der Waals surface area contributed by atoms with E-state index in [0.29, 0.717) is 17.2 Å². The second-order valence-corrected chi connectivity index (χ2v) is 6.14. The summed E-state index contributed by atoms with van der Waals surface area (Å²) in [5.41, 5.74) is -0.259. The van der Waals surface area contributed by atoms with Gasteiger partial charge >= 0.3 is 6.18 Å². The quantitative estimate of drug-likeness (QED) is 0.602. The summed E-state index contributed by atoms with van der Waals surface area (Å²) in [7, 11) is 0. The highest BCUT2D eigenvalue weighted by molar-refractivity contribution is 7.13. The van der Waals surface area contributed by atoms with Gasteiger partial charge in [-0.1, -0.05) is 12.1 Å². The fraction of sp³-hybridized carbons (Fsp3) is 0.357. The van der Waals surface area contributed by atoms with Crippen LogP contribution in [0, 0.1) is 10.1 Å². The van der Waals surface area contributed by atoms with Crippen molar-refractivity contribution in [2.75, 3.05) is 4.90 Å². The van der Waals surface area contributed by atoms with Crippen LogP contribution in [0.3, 0.4) is 0 Å². The van der Waals surface area contributed by atoms with Gasteiger partial charge in [-0.25, -0.2) is 4.98 Å². The van der Waals surface area contributed by atoms with E-state index in [4.69, 9.17) is 0 Å². The molecule has 0 radical (unpaired) electrons. The first kappa shape index (κ1) is 15.7. The van der Waals surface area contributed by atoms with Crippen LogP contribution in [0.2, 0.25) is 0 Å². The maximum absolute atomic E-state index is 12.7. The summed E-state index contributed by atoms with van der Waals surface area (Å²) in [5.74, 6) is 0. The predicted octanol–water partition coefficient (Wildman–Crippen LogP) is 4.24. The Morgan fingerprint density at radius 1 is 1.39 bits per heavy atom. The van der Waals surface area contributed by atoms with Crippen molar-refractivity contribution < 1.29 is 18.1 Å². The van der Waals surface area contributed by atoms with Gasteiger partial charge in [-0.3, -0.25) is 10.1 Å². The molecule has 1 aliphatic carbocycles. The Balaban J connectivity index is 1.84. The number of alkyl halides is 3. The van der Waals surface area contributed by atoms with Gasteiger partial charge in [0.25, 0.3) is 5.69 Å². The van der Waals surface area contributed by atoms with Crippen LogP contribution in [0.4, 0.5) is 24.0 Å². The molecular formula is C14H12F3N3O2S. The molecule has 0 spiro atoms. The highest BCUT2D eigenvalue weighted by Crippen LogP contribution is 2.38. The van der Waals surface area contributed by atoms with E-state index in [2.05, 4.69) is 4.98 Å². The van der Waals surface area contributed by atoms with Gasteiger partial charge in [0.2, 0.25) is 0 Å². The Labute approximate surface area is 133 Å². The van der Waals surface area contributed by atoms with Gasteiger partial charge in [0, 0.05) is 30.1 Å². The summed E-state index contributed by atoms with van der Waals surface area (Å²) in [4.78, 5) is 15.8. The standard InChI is InChI=1S/C14H12F3N3O2S/c15-14(16,17)12-8-23-13(18-12)19(10-4-5-10)7-9-2-1-3-11(6-9)20(21)22/h1-3,6,8,10H,4-5,7H2. The monoisotopic (exact) mass is 343 g/mol. The molecule has 1 saturated carbocycles. The van der Waals surface area contributed by atoms with Crippen molar-refractivity contribution in [3.8, 4) is 0 Å². The Morgan fingerprint density at radius 3 is 2.70 bits per heavy atom. The molecule has 3 rings (SSSR count). The van der Waals surface area contributed by atoms with Crippen LogP contribution in [0.15, 0.2) is 29.6 Å². The Kier molecular flexibility index (Phi) is 3.97. The van der Waals surface area contributed by atoms with E-state index < -0.39 is 16.8 Å². The van der Waals surface area contributed by atoms with E-state index in [1.54, 1.807) is 17.0 Å². The minimum absolute atomic E-state index is 0.0339. The molecule has 0 atom stereocenters. The zero-order chi connectivity index (χ0) is 16.6. The number of hydrogen-bond donors (Lipinski definition) is 0. The van der Waals surface area contributed by atoms with Crippen molar-refractivity contribution in [1.82, 2.24) is 4.98 Å². The van der Waals surface area contributed by atoms with Crippen molar-refractivity contribution in [2.24, 2.45) is 0 Å². The fourth-order valence-corrected chi connectivity index (χ4v) is 3.13. The van der Waals surface area contributed by atoms with Crippen molar-refractivity contribution in [1.29, 1.82) is 0 Å². The largest absolute Gasteiger partial charge is 0.434 e. The molecule has 1 aromatic carbocycles. The zero-order valence-electron chi connectivity index (χ0n) is 11.8. The first-order valence-electron chi connectivity index (χ1n) is 6.87. The molecule has 0 amide bonds. The molecule has 23 heavy (non-hydrogen) atoms. The molecule has 1 fully saturated rings. The van der Waals surface area contributed by atoms with Crippen LogP contribution < -0.4 is 4.90 Å². The zero-order valence-corrected chi connectivity index (χ0v) is 12.6. The lowest BCUT2D eigenvalue weighted by Gasteiger charge is -2.21. The van der Waals surface area contributed by atoms with Crippen LogP contribution >= 0.6 is 11.3 Å². The number of nitrogens with zero attached hydrogens (tertiary/aromatic N) is 3. The summed E-state index contributed by atoms with van der Waals surface area (Å²) < 4.78 is 38.1. The minimum Gasteiger partial charge on any atom is -0.341 e. The second kappa shape index (κ2) is 5.80. The van der Waals surface area contributed by atoms with Crippen LogP contribution in [-0.2, 0) is 12.7 Å². The van der Waals surface area contributed by atoms with Crippen molar-refractivity contribution in [3.63, 3.8) is 0 Å². The topological polar surface area (TPSA) is 59.3 Å². The molecule has 122 valence electrons. The maximum Gasteiger partial charge on any atom is 0.434 e. The van der Waals surface area contributed by atoms with Gasteiger partial charge in [0.1, 0.15) is 0 Å². The third-order valence-corrected chi connectivity index (χ3v) is 4.37. The SMILES string of the molecule is O=[N+]([O-])c1cccc(CN(c2nc(C(F)(F)F)cs2)C2CC2)c1. The first-order chi connectivity index (χ1) is 10.8. The van der Waals surface area contributed by atoms with Crippen LogP contribution in [-0.4, -0.2) is 15.9 Å². The highest BCUT2D eigenvalue weighted by atomic mass is 32.1. The Hall–Kier alpha value is -2.16. The molecule has 1 heterocycles. The molecule has 0 unspecified atom stereocenters. The summed E-state index contributed by atoms with van der Waals surface area (Å²) in [6.07, 6.45) is -2.69. The molecule has 9 heteroatoms. The van der Waals surface area contributed by atoms with E-state index in [1.165, 1.54) is 12.1 Å². The number of rotatable bonds is 5. The number of nitro benzene ring substituents is 1. The summed E-state index contributed by atoms with van der Waals surface area (Å²) in [6.45, 7) is 0.303. The molecule has 2 aromatic rings. The third kappa shape index (κ3) is 3.61. The van der Waals surface area contributed by atoms with Crippen molar-refractivity contribution >= 4 is 22.2 Å². The van der Waals surface area contributed by atoms with E-state index in [9.17, 15) is 23.3 Å². The molecular weight excluding hydrogens is 331 g/mol. The van der Waals surface area contributed by atoms with Crippen LogP contribution in [0.1, 0.15) is 24.1 Å². The van der Waals surface area contributed by atoms with Crippen molar-refractivity contribution in [3.05, 3.63) is 51.0 Å². The fourth-order valence-electron chi connectivity index (χ4n) is 2.23. The molecule has 0 bridgehead atoms. The number of non-ortho nitro benzene ring substituents is 1. The number of aromatic nitrogens is 1. The van der Waals surface area contributed by atoms with E-state index in [-0.39, 0.29) is 11.7 Å². The molecule has 1 aromatic heterocycles. The molecule has 0 saturated heterocycles. The smallest absolute Gasteiger partial charge is 0.341 e. The van der Waals surface area contributed by atoms with Crippen LogP contribution in [0.5, 0.6) is 0 Å². The second-order valence-electron chi connectivity index (χ2n) is 5.30.